The van der Waals surface area contributed by atoms with Crippen LogP contribution in [0.1, 0.15) is 26.2 Å². The van der Waals surface area contributed by atoms with E-state index < -0.39 is 22.0 Å². The summed E-state index contributed by atoms with van der Waals surface area (Å²) in [4.78, 5) is 15.4. The molecule has 0 aromatic heterocycles. The molecule has 0 spiro atoms. The quantitative estimate of drug-likeness (QED) is 0.463. The minimum atomic E-state index is -3.72. The summed E-state index contributed by atoms with van der Waals surface area (Å²) in [7, 11) is -3.72. The molecule has 1 aliphatic heterocycles. The molecule has 3 aromatic carbocycles. The van der Waals surface area contributed by atoms with Gasteiger partial charge in [-0.2, -0.15) is 0 Å². The predicted octanol–water partition coefficient (Wildman–Crippen LogP) is 5.26. The third-order valence-corrected chi connectivity index (χ3v) is 7.26. The SMILES string of the molecule is C[C@H](C(=O)Nc1ccc(N2CCCCC2)cc1)N(c1ccc(Oc2ccccc2)cc1)S(C)(=O)=O. The van der Waals surface area contributed by atoms with Crippen LogP contribution in [0, 0.1) is 0 Å². The number of ether oxygens (including phenoxy) is 1. The van der Waals surface area contributed by atoms with Gasteiger partial charge in [0.2, 0.25) is 15.9 Å². The fraction of sp³-hybridized carbons (Fsp3) is 0.296. The summed E-state index contributed by atoms with van der Waals surface area (Å²) in [5.74, 6) is 0.837. The summed E-state index contributed by atoms with van der Waals surface area (Å²) < 4.78 is 32.2. The van der Waals surface area contributed by atoms with Crippen LogP contribution in [-0.2, 0) is 14.8 Å². The van der Waals surface area contributed by atoms with Crippen LogP contribution in [0.3, 0.4) is 0 Å². The molecule has 1 atom stereocenters. The Morgan fingerprint density at radius 3 is 2.09 bits per heavy atom. The number of amides is 1. The van der Waals surface area contributed by atoms with Crippen molar-refractivity contribution in [1.82, 2.24) is 0 Å². The summed E-state index contributed by atoms with van der Waals surface area (Å²) in [6, 6.07) is 22.7. The molecule has 0 saturated carbocycles. The summed E-state index contributed by atoms with van der Waals surface area (Å²) >= 11 is 0. The molecule has 184 valence electrons. The zero-order chi connectivity index (χ0) is 24.8. The first-order valence-electron chi connectivity index (χ1n) is 11.8. The third kappa shape index (κ3) is 6.33. The van der Waals surface area contributed by atoms with Crippen LogP contribution in [-0.4, -0.2) is 39.7 Å². The number of hydrogen-bond acceptors (Lipinski definition) is 5. The molecule has 1 heterocycles. The molecular weight excluding hydrogens is 462 g/mol. The molecule has 7 nitrogen and oxygen atoms in total. The van der Waals surface area contributed by atoms with E-state index in [0.717, 1.165) is 29.3 Å². The molecule has 1 saturated heterocycles. The Morgan fingerprint density at radius 1 is 0.886 bits per heavy atom. The highest BCUT2D eigenvalue weighted by Crippen LogP contribution is 2.27. The number of nitrogens with one attached hydrogen (secondary N) is 1. The molecule has 1 N–H and O–H groups in total. The Kier molecular flexibility index (Phi) is 7.60. The van der Waals surface area contributed by atoms with Crippen LogP contribution in [0.15, 0.2) is 78.9 Å². The second-order valence-electron chi connectivity index (χ2n) is 8.73. The van der Waals surface area contributed by atoms with Gasteiger partial charge in [0, 0.05) is 24.5 Å². The molecule has 1 amide bonds. The molecule has 0 aliphatic carbocycles. The first kappa shape index (κ1) is 24.6. The lowest BCUT2D eigenvalue weighted by molar-refractivity contribution is -0.116. The number of sulfonamides is 1. The maximum atomic E-state index is 13.0. The lowest BCUT2D eigenvalue weighted by Gasteiger charge is -2.29. The van der Waals surface area contributed by atoms with E-state index in [9.17, 15) is 13.2 Å². The Labute approximate surface area is 207 Å². The van der Waals surface area contributed by atoms with Gasteiger partial charge in [-0.1, -0.05) is 18.2 Å². The minimum Gasteiger partial charge on any atom is -0.457 e. The number of anilines is 3. The zero-order valence-corrected chi connectivity index (χ0v) is 20.9. The van der Waals surface area contributed by atoms with Crippen molar-refractivity contribution in [2.45, 2.75) is 32.2 Å². The van der Waals surface area contributed by atoms with E-state index >= 15 is 0 Å². The lowest BCUT2D eigenvalue weighted by atomic mass is 10.1. The van der Waals surface area contributed by atoms with Gasteiger partial charge in [0.1, 0.15) is 17.5 Å². The van der Waals surface area contributed by atoms with E-state index in [0.29, 0.717) is 22.9 Å². The maximum absolute atomic E-state index is 13.0. The highest BCUT2D eigenvalue weighted by molar-refractivity contribution is 7.92. The molecule has 0 unspecified atom stereocenters. The van der Waals surface area contributed by atoms with E-state index in [-0.39, 0.29) is 0 Å². The van der Waals surface area contributed by atoms with Gasteiger partial charge in [-0.25, -0.2) is 8.42 Å². The Morgan fingerprint density at radius 2 is 1.49 bits per heavy atom. The van der Waals surface area contributed by atoms with Crippen molar-refractivity contribution in [3.63, 3.8) is 0 Å². The van der Waals surface area contributed by atoms with Crippen LogP contribution < -0.4 is 19.3 Å². The zero-order valence-electron chi connectivity index (χ0n) is 20.1. The van der Waals surface area contributed by atoms with Gasteiger partial charge < -0.3 is 15.0 Å². The van der Waals surface area contributed by atoms with Gasteiger partial charge in [-0.3, -0.25) is 9.10 Å². The Hall–Kier alpha value is -3.52. The molecule has 1 fully saturated rings. The topological polar surface area (TPSA) is 79.0 Å². The molecule has 3 aromatic rings. The molecule has 8 heteroatoms. The first-order chi connectivity index (χ1) is 16.8. The maximum Gasteiger partial charge on any atom is 0.247 e. The molecule has 1 aliphatic rings. The Balaban J connectivity index is 1.45. The van der Waals surface area contributed by atoms with Crippen molar-refractivity contribution in [2.24, 2.45) is 0 Å². The van der Waals surface area contributed by atoms with Crippen molar-refractivity contribution >= 4 is 33.0 Å². The van der Waals surface area contributed by atoms with Crippen molar-refractivity contribution in [2.75, 3.05) is 33.9 Å². The number of piperidine rings is 1. The Bertz CT molecular complexity index is 1220. The van der Waals surface area contributed by atoms with Crippen molar-refractivity contribution < 1.29 is 17.9 Å². The van der Waals surface area contributed by atoms with Crippen molar-refractivity contribution in [1.29, 1.82) is 0 Å². The summed E-state index contributed by atoms with van der Waals surface area (Å²) in [6.45, 7) is 3.66. The number of rotatable bonds is 8. The van der Waals surface area contributed by atoms with Gasteiger partial charge >= 0.3 is 0 Å². The van der Waals surface area contributed by atoms with Crippen LogP contribution in [0.25, 0.3) is 0 Å². The highest BCUT2D eigenvalue weighted by Gasteiger charge is 2.29. The number of hydrogen-bond donors (Lipinski definition) is 1. The fourth-order valence-corrected chi connectivity index (χ4v) is 5.42. The summed E-state index contributed by atoms with van der Waals surface area (Å²) in [5, 5.41) is 2.85. The second kappa shape index (κ2) is 10.8. The number of para-hydroxylation sites is 1. The standard InChI is InChI=1S/C27H31N3O4S/c1-21(27(31)28-22-11-13-23(14-12-22)29-19-7-4-8-20-29)30(35(2,32)33)24-15-17-26(18-16-24)34-25-9-5-3-6-10-25/h3,5-6,9-18,21H,4,7-8,19-20H2,1-2H3,(H,28,31)/t21-/m1/s1. The normalized spacial score (nSPS) is 14.7. The molecule has 0 radical (unpaired) electrons. The van der Waals surface area contributed by atoms with Crippen LogP contribution >= 0.6 is 0 Å². The highest BCUT2D eigenvalue weighted by atomic mass is 32.2. The molecular formula is C27H31N3O4S. The van der Waals surface area contributed by atoms with E-state index in [1.165, 1.54) is 19.3 Å². The number of benzene rings is 3. The predicted molar refractivity (Wildman–Crippen MR) is 141 cm³/mol. The largest absolute Gasteiger partial charge is 0.457 e. The lowest BCUT2D eigenvalue weighted by Crippen LogP contribution is -2.45. The van der Waals surface area contributed by atoms with Gasteiger partial charge in [0.15, 0.2) is 0 Å². The number of carbonyl (C=O) groups excluding carboxylic acids is 1. The van der Waals surface area contributed by atoms with E-state index in [4.69, 9.17) is 4.74 Å². The third-order valence-electron chi connectivity index (χ3n) is 6.01. The van der Waals surface area contributed by atoms with Crippen LogP contribution in [0.5, 0.6) is 11.5 Å². The van der Waals surface area contributed by atoms with E-state index in [1.807, 2.05) is 54.6 Å². The fourth-order valence-electron chi connectivity index (χ4n) is 4.25. The van der Waals surface area contributed by atoms with Gasteiger partial charge in [0.05, 0.1) is 11.9 Å². The van der Waals surface area contributed by atoms with E-state index in [1.54, 1.807) is 31.2 Å². The van der Waals surface area contributed by atoms with Crippen LogP contribution in [0.2, 0.25) is 0 Å². The summed E-state index contributed by atoms with van der Waals surface area (Å²) in [5.41, 5.74) is 2.14. The monoisotopic (exact) mass is 493 g/mol. The van der Waals surface area contributed by atoms with E-state index in [2.05, 4.69) is 10.2 Å². The van der Waals surface area contributed by atoms with Gasteiger partial charge in [0.25, 0.3) is 0 Å². The van der Waals surface area contributed by atoms with Crippen LogP contribution in [0.4, 0.5) is 17.1 Å². The molecule has 4 rings (SSSR count). The summed E-state index contributed by atoms with van der Waals surface area (Å²) in [6.07, 6.45) is 4.74. The smallest absolute Gasteiger partial charge is 0.247 e. The average molecular weight is 494 g/mol. The second-order valence-corrected chi connectivity index (χ2v) is 10.6. The first-order valence-corrected chi connectivity index (χ1v) is 13.6. The van der Waals surface area contributed by atoms with Crippen molar-refractivity contribution in [3.8, 4) is 11.5 Å². The molecule has 35 heavy (non-hydrogen) atoms. The van der Waals surface area contributed by atoms with Crippen molar-refractivity contribution in [3.05, 3.63) is 78.9 Å². The van der Waals surface area contributed by atoms with Gasteiger partial charge in [-0.05, 0) is 86.8 Å². The number of carbonyl (C=O) groups is 1. The molecule has 0 bridgehead atoms. The van der Waals surface area contributed by atoms with Gasteiger partial charge in [-0.15, -0.1) is 0 Å². The minimum absolute atomic E-state index is 0.385. The number of nitrogens with zero attached hydrogens (tertiary/aromatic N) is 2. The average Bonchev–Trinajstić information content (AvgIpc) is 2.86.